The zero-order chi connectivity index (χ0) is 16.4. The summed E-state index contributed by atoms with van der Waals surface area (Å²) in [4.78, 5) is 27.6. The molecule has 2 N–H and O–H groups in total. The number of likely N-dealkylation sites (tertiary alicyclic amines) is 1. The molecular weight excluding hydrogens is 298 g/mol. The molecule has 2 aliphatic heterocycles. The van der Waals surface area contributed by atoms with E-state index in [0.717, 1.165) is 6.42 Å². The van der Waals surface area contributed by atoms with Crippen LogP contribution < -0.4 is 20.1 Å². The van der Waals surface area contributed by atoms with Gasteiger partial charge in [0.05, 0.1) is 12.8 Å². The minimum Gasteiger partial charge on any atom is -0.497 e. The van der Waals surface area contributed by atoms with Crippen molar-refractivity contribution in [1.82, 2.24) is 4.90 Å². The van der Waals surface area contributed by atoms with Gasteiger partial charge < -0.3 is 25.0 Å². The van der Waals surface area contributed by atoms with Crippen molar-refractivity contribution in [3.8, 4) is 11.5 Å². The first-order valence-corrected chi connectivity index (χ1v) is 7.73. The summed E-state index contributed by atoms with van der Waals surface area (Å²) in [7, 11) is 1.58. The van der Waals surface area contributed by atoms with Crippen molar-refractivity contribution >= 4 is 17.5 Å². The SMILES string of the molecule is COc1ccc2c(c1)N(CCN1CCC(N)CC1=O)C(=O)CO2. The summed E-state index contributed by atoms with van der Waals surface area (Å²) in [6.07, 6.45) is 1.18. The zero-order valence-electron chi connectivity index (χ0n) is 13.2. The van der Waals surface area contributed by atoms with Gasteiger partial charge in [0.25, 0.3) is 5.91 Å². The van der Waals surface area contributed by atoms with Crippen LogP contribution in [-0.4, -0.2) is 56.1 Å². The fourth-order valence-electron chi connectivity index (χ4n) is 2.91. The lowest BCUT2D eigenvalue weighted by Crippen LogP contribution is -2.48. The topological polar surface area (TPSA) is 85.1 Å². The van der Waals surface area contributed by atoms with Crippen molar-refractivity contribution in [3.05, 3.63) is 18.2 Å². The highest BCUT2D eigenvalue weighted by Gasteiger charge is 2.28. The van der Waals surface area contributed by atoms with Gasteiger partial charge in [0.2, 0.25) is 5.91 Å². The van der Waals surface area contributed by atoms with E-state index in [-0.39, 0.29) is 24.5 Å². The van der Waals surface area contributed by atoms with Crippen LogP contribution in [0.5, 0.6) is 11.5 Å². The molecule has 1 saturated heterocycles. The summed E-state index contributed by atoms with van der Waals surface area (Å²) < 4.78 is 10.7. The van der Waals surface area contributed by atoms with E-state index in [1.54, 1.807) is 35.1 Å². The first kappa shape index (κ1) is 15.6. The van der Waals surface area contributed by atoms with Crippen LogP contribution in [0, 0.1) is 0 Å². The fourth-order valence-corrected chi connectivity index (χ4v) is 2.91. The van der Waals surface area contributed by atoms with E-state index in [1.165, 1.54) is 0 Å². The lowest BCUT2D eigenvalue weighted by atomic mass is 10.1. The second kappa shape index (κ2) is 6.45. The number of hydrogen-bond acceptors (Lipinski definition) is 5. The highest BCUT2D eigenvalue weighted by Crippen LogP contribution is 2.35. The first-order valence-electron chi connectivity index (χ1n) is 7.73. The van der Waals surface area contributed by atoms with E-state index in [1.807, 2.05) is 0 Å². The molecule has 1 aromatic rings. The Bertz CT molecular complexity index is 619. The maximum atomic E-state index is 12.2. The van der Waals surface area contributed by atoms with Gasteiger partial charge in [-0.3, -0.25) is 9.59 Å². The lowest BCUT2D eigenvalue weighted by molar-refractivity contribution is -0.134. The average Bonchev–Trinajstić information content (AvgIpc) is 2.55. The second-order valence-corrected chi connectivity index (χ2v) is 5.80. The Morgan fingerprint density at radius 1 is 1.30 bits per heavy atom. The smallest absolute Gasteiger partial charge is 0.265 e. The minimum atomic E-state index is -0.119. The van der Waals surface area contributed by atoms with Crippen LogP contribution in [0.25, 0.3) is 0 Å². The molecular formula is C16H21N3O4. The van der Waals surface area contributed by atoms with Gasteiger partial charge in [-0.05, 0) is 18.6 Å². The lowest BCUT2D eigenvalue weighted by Gasteiger charge is -2.34. The van der Waals surface area contributed by atoms with Crippen LogP contribution in [0.2, 0.25) is 0 Å². The molecule has 7 nitrogen and oxygen atoms in total. The number of nitrogens with zero attached hydrogens (tertiary/aromatic N) is 2. The largest absolute Gasteiger partial charge is 0.497 e. The molecule has 0 spiro atoms. The number of fused-ring (bicyclic) bond motifs is 1. The van der Waals surface area contributed by atoms with E-state index >= 15 is 0 Å². The van der Waals surface area contributed by atoms with Crippen LogP contribution in [0.15, 0.2) is 18.2 Å². The normalized spacial score (nSPS) is 21.0. The number of hydrogen-bond donors (Lipinski definition) is 1. The van der Waals surface area contributed by atoms with Gasteiger partial charge in [0.15, 0.2) is 6.61 Å². The molecule has 1 fully saturated rings. The Balaban J connectivity index is 1.72. The van der Waals surface area contributed by atoms with Gasteiger partial charge in [-0.2, -0.15) is 0 Å². The van der Waals surface area contributed by atoms with E-state index in [0.29, 0.717) is 43.2 Å². The Kier molecular flexibility index (Phi) is 4.38. The Morgan fingerprint density at radius 3 is 2.87 bits per heavy atom. The van der Waals surface area contributed by atoms with Gasteiger partial charge in [0.1, 0.15) is 11.5 Å². The average molecular weight is 319 g/mol. The molecule has 7 heteroatoms. The van der Waals surface area contributed by atoms with Crippen LogP contribution in [-0.2, 0) is 9.59 Å². The van der Waals surface area contributed by atoms with Crippen LogP contribution in [0.3, 0.4) is 0 Å². The Labute approximate surface area is 134 Å². The van der Waals surface area contributed by atoms with Gasteiger partial charge in [-0.15, -0.1) is 0 Å². The number of piperidine rings is 1. The molecule has 0 aromatic heterocycles. The van der Waals surface area contributed by atoms with Crippen molar-refractivity contribution in [2.24, 2.45) is 5.73 Å². The molecule has 2 amide bonds. The second-order valence-electron chi connectivity index (χ2n) is 5.80. The van der Waals surface area contributed by atoms with Gasteiger partial charge in [-0.25, -0.2) is 0 Å². The zero-order valence-corrected chi connectivity index (χ0v) is 13.2. The maximum Gasteiger partial charge on any atom is 0.265 e. The van der Waals surface area contributed by atoms with E-state index in [9.17, 15) is 9.59 Å². The summed E-state index contributed by atoms with van der Waals surface area (Å²) in [5.41, 5.74) is 6.48. The first-order chi connectivity index (χ1) is 11.1. The third kappa shape index (κ3) is 3.24. The Hall–Kier alpha value is -2.28. The molecule has 0 aliphatic carbocycles. The van der Waals surface area contributed by atoms with Gasteiger partial charge in [0, 0.05) is 38.2 Å². The third-order valence-corrected chi connectivity index (χ3v) is 4.26. The Morgan fingerprint density at radius 2 is 2.13 bits per heavy atom. The molecule has 1 aromatic carbocycles. The van der Waals surface area contributed by atoms with Crippen LogP contribution in [0.4, 0.5) is 5.69 Å². The van der Waals surface area contributed by atoms with Crippen molar-refractivity contribution in [2.45, 2.75) is 18.9 Å². The number of ether oxygens (including phenoxy) is 2. The van der Waals surface area contributed by atoms with Crippen LogP contribution in [0.1, 0.15) is 12.8 Å². The molecule has 3 rings (SSSR count). The summed E-state index contributed by atoms with van der Waals surface area (Å²) in [6, 6.07) is 5.32. The number of rotatable bonds is 4. The number of methoxy groups -OCH3 is 1. The summed E-state index contributed by atoms with van der Waals surface area (Å²) in [5.74, 6) is 1.24. The van der Waals surface area contributed by atoms with Crippen molar-refractivity contribution in [1.29, 1.82) is 0 Å². The van der Waals surface area contributed by atoms with E-state index < -0.39 is 0 Å². The number of anilines is 1. The number of carbonyl (C=O) groups is 2. The number of amides is 2. The summed E-state index contributed by atoms with van der Waals surface area (Å²) >= 11 is 0. The highest BCUT2D eigenvalue weighted by atomic mass is 16.5. The maximum absolute atomic E-state index is 12.2. The number of benzene rings is 1. The molecule has 0 saturated carbocycles. The molecule has 2 heterocycles. The highest BCUT2D eigenvalue weighted by molar-refractivity contribution is 5.98. The van der Waals surface area contributed by atoms with Crippen molar-refractivity contribution in [3.63, 3.8) is 0 Å². The molecule has 1 unspecified atom stereocenters. The summed E-state index contributed by atoms with van der Waals surface area (Å²) in [6.45, 7) is 1.58. The van der Waals surface area contributed by atoms with Gasteiger partial charge >= 0.3 is 0 Å². The molecule has 2 aliphatic rings. The quantitative estimate of drug-likeness (QED) is 0.867. The molecule has 1 atom stereocenters. The third-order valence-electron chi connectivity index (χ3n) is 4.26. The summed E-state index contributed by atoms with van der Waals surface area (Å²) in [5, 5.41) is 0. The number of nitrogens with two attached hydrogens (primary N) is 1. The van der Waals surface area contributed by atoms with E-state index in [2.05, 4.69) is 0 Å². The van der Waals surface area contributed by atoms with Crippen molar-refractivity contribution in [2.75, 3.05) is 38.3 Å². The van der Waals surface area contributed by atoms with Crippen LogP contribution >= 0.6 is 0 Å². The van der Waals surface area contributed by atoms with Gasteiger partial charge in [-0.1, -0.05) is 0 Å². The fraction of sp³-hybridized carbons (Fsp3) is 0.500. The molecule has 124 valence electrons. The molecule has 0 radical (unpaired) electrons. The monoisotopic (exact) mass is 319 g/mol. The van der Waals surface area contributed by atoms with Crippen molar-refractivity contribution < 1.29 is 19.1 Å². The number of carbonyl (C=O) groups excluding carboxylic acids is 2. The molecule has 23 heavy (non-hydrogen) atoms. The predicted molar refractivity (Wildman–Crippen MR) is 84.6 cm³/mol. The minimum absolute atomic E-state index is 0.0121. The van der Waals surface area contributed by atoms with E-state index in [4.69, 9.17) is 15.2 Å². The predicted octanol–water partition coefficient (Wildman–Crippen LogP) is 0.370. The molecule has 0 bridgehead atoms. The standard InChI is InChI=1S/C16H21N3O4/c1-22-12-2-3-14-13(9-12)19(16(21)10-23-14)7-6-18-5-4-11(17)8-15(18)20/h2-3,9,11H,4-8,10,17H2,1H3.